The molecule has 1 rings (SSSR count). The van der Waals surface area contributed by atoms with Gasteiger partial charge in [0.2, 0.25) is 0 Å². The van der Waals surface area contributed by atoms with Gasteiger partial charge in [0, 0.05) is 11.5 Å². The summed E-state index contributed by atoms with van der Waals surface area (Å²) in [6.45, 7) is 3.33. The Morgan fingerprint density at radius 2 is 2.44 bits per heavy atom. The molecule has 0 aromatic rings. The van der Waals surface area contributed by atoms with E-state index < -0.39 is 0 Å². The average Bonchev–Trinajstić information content (AvgIpc) is 2.18. The van der Waals surface area contributed by atoms with E-state index in [1.807, 2.05) is 6.92 Å². The van der Waals surface area contributed by atoms with Crippen LogP contribution in [0, 0.1) is 5.92 Å². The van der Waals surface area contributed by atoms with Crippen LogP contribution < -0.4 is 0 Å². The van der Waals surface area contributed by atoms with Gasteiger partial charge in [-0.1, -0.05) is 12.0 Å². The maximum atomic E-state index is 8.05. The Morgan fingerprint density at radius 1 is 1.67 bits per heavy atom. The minimum Gasteiger partial charge on any atom is -0.381 e. The van der Waals surface area contributed by atoms with Crippen LogP contribution in [0.3, 0.4) is 0 Å². The van der Waals surface area contributed by atoms with E-state index in [0.29, 0.717) is 12.5 Å². The second-order valence-corrected chi connectivity index (χ2v) is 2.29. The van der Waals surface area contributed by atoms with E-state index >= 15 is 0 Å². The highest BCUT2D eigenvalue weighted by Crippen LogP contribution is 2.15. The molecule has 2 unspecified atom stereocenters. The molecule has 9 heavy (non-hydrogen) atoms. The Labute approximate surface area is 53.4 Å². The molecule has 0 amide bonds. The average molecular weight is 127 g/mol. The van der Waals surface area contributed by atoms with E-state index in [9.17, 15) is 0 Å². The van der Waals surface area contributed by atoms with Crippen LogP contribution in [0.5, 0.6) is 0 Å². The van der Waals surface area contributed by atoms with Gasteiger partial charge in [0.1, 0.15) is 0 Å². The minimum atomic E-state index is 0.0648. The lowest BCUT2D eigenvalue weighted by atomic mass is 10.1. The number of rotatable bonds is 1. The second kappa shape index (κ2) is 2.71. The summed E-state index contributed by atoms with van der Waals surface area (Å²) in [5.41, 5.74) is 8.05. The van der Waals surface area contributed by atoms with Crippen LogP contribution in [0.25, 0.3) is 10.4 Å². The Hall–Kier alpha value is -0.730. The Morgan fingerprint density at radius 3 is 2.89 bits per heavy atom. The first kappa shape index (κ1) is 6.39. The van der Waals surface area contributed by atoms with Crippen LogP contribution in [-0.4, -0.2) is 19.3 Å². The van der Waals surface area contributed by atoms with Gasteiger partial charge in [-0.05, 0) is 11.4 Å². The largest absolute Gasteiger partial charge is 0.381 e. The molecule has 0 aromatic heterocycles. The molecule has 4 nitrogen and oxygen atoms in total. The van der Waals surface area contributed by atoms with Crippen molar-refractivity contribution in [1.29, 1.82) is 0 Å². The third-order valence-corrected chi connectivity index (χ3v) is 1.53. The number of azide groups is 1. The van der Waals surface area contributed by atoms with Crippen molar-refractivity contribution in [2.45, 2.75) is 13.0 Å². The van der Waals surface area contributed by atoms with Crippen molar-refractivity contribution < 1.29 is 4.74 Å². The van der Waals surface area contributed by atoms with E-state index in [0.717, 1.165) is 6.61 Å². The quantitative estimate of drug-likeness (QED) is 0.298. The fourth-order valence-electron chi connectivity index (χ4n) is 0.863. The lowest BCUT2D eigenvalue weighted by Gasteiger charge is -2.01. The van der Waals surface area contributed by atoms with Crippen LogP contribution in [0.4, 0.5) is 0 Å². The summed E-state index contributed by atoms with van der Waals surface area (Å²) >= 11 is 0. The van der Waals surface area contributed by atoms with Crippen molar-refractivity contribution >= 4 is 0 Å². The molecule has 0 saturated carbocycles. The van der Waals surface area contributed by atoms with E-state index in [4.69, 9.17) is 10.3 Å². The molecule has 2 atom stereocenters. The van der Waals surface area contributed by atoms with Crippen molar-refractivity contribution in [2.75, 3.05) is 13.2 Å². The van der Waals surface area contributed by atoms with Gasteiger partial charge in [0.05, 0.1) is 12.6 Å². The van der Waals surface area contributed by atoms with E-state index in [2.05, 4.69) is 10.0 Å². The van der Waals surface area contributed by atoms with E-state index in [1.54, 1.807) is 0 Å². The molecular formula is C5H9N3O. The maximum Gasteiger partial charge on any atom is 0.0655 e. The van der Waals surface area contributed by atoms with Gasteiger partial charge >= 0.3 is 0 Å². The maximum absolute atomic E-state index is 8.05. The van der Waals surface area contributed by atoms with E-state index in [1.165, 1.54) is 0 Å². The zero-order chi connectivity index (χ0) is 6.69. The Kier molecular flexibility index (Phi) is 1.92. The van der Waals surface area contributed by atoms with Crippen LogP contribution in [-0.2, 0) is 4.74 Å². The zero-order valence-corrected chi connectivity index (χ0v) is 5.32. The van der Waals surface area contributed by atoms with Crippen molar-refractivity contribution in [1.82, 2.24) is 0 Å². The van der Waals surface area contributed by atoms with Crippen molar-refractivity contribution in [3.8, 4) is 0 Å². The standard InChI is InChI=1S/C5H9N3O/c1-4-2-9-3-5(4)7-8-6/h4-5H,2-3H2,1H3. The first-order valence-electron chi connectivity index (χ1n) is 2.96. The Bertz CT molecular complexity index is 141. The first-order chi connectivity index (χ1) is 4.34. The summed E-state index contributed by atoms with van der Waals surface area (Å²) in [5, 5.41) is 3.56. The number of hydrogen-bond acceptors (Lipinski definition) is 2. The highest BCUT2D eigenvalue weighted by atomic mass is 16.5. The topological polar surface area (TPSA) is 58.0 Å². The lowest BCUT2D eigenvalue weighted by Crippen LogP contribution is -2.10. The molecule has 1 fully saturated rings. The molecule has 0 spiro atoms. The van der Waals surface area contributed by atoms with E-state index in [-0.39, 0.29) is 6.04 Å². The van der Waals surface area contributed by atoms with Gasteiger partial charge in [-0.15, -0.1) is 0 Å². The summed E-state index contributed by atoms with van der Waals surface area (Å²) in [6.07, 6.45) is 0. The molecule has 1 saturated heterocycles. The predicted octanol–water partition coefficient (Wildman–Crippen LogP) is 1.33. The molecule has 0 aliphatic carbocycles. The van der Waals surface area contributed by atoms with Gasteiger partial charge < -0.3 is 4.74 Å². The fraction of sp³-hybridized carbons (Fsp3) is 1.00. The summed E-state index contributed by atoms with van der Waals surface area (Å²) in [4.78, 5) is 2.71. The molecule has 0 bridgehead atoms. The smallest absolute Gasteiger partial charge is 0.0655 e. The normalized spacial score (nSPS) is 33.9. The molecule has 50 valence electrons. The van der Waals surface area contributed by atoms with Gasteiger partial charge in [-0.2, -0.15) is 0 Å². The number of hydrogen-bond donors (Lipinski definition) is 0. The second-order valence-electron chi connectivity index (χ2n) is 2.29. The zero-order valence-electron chi connectivity index (χ0n) is 5.32. The molecule has 0 aromatic carbocycles. The molecule has 0 N–H and O–H groups in total. The van der Waals surface area contributed by atoms with Crippen LogP contribution in [0.1, 0.15) is 6.92 Å². The number of ether oxygens (including phenoxy) is 1. The van der Waals surface area contributed by atoms with Gasteiger partial charge in [0.25, 0.3) is 0 Å². The van der Waals surface area contributed by atoms with Crippen LogP contribution in [0.15, 0.2) is 5.11 Å². The lowest BCUT2D eigenvalue weighted by molar-refractivity contribution is 0.186. The third-order valence-electron chi connectivity index (χ3n) is 1.53. The molecule has 4 heteroatoms. The number of nitrogens with zero attached hydrogens (tertiary/aromatic N) is 3. The molecule has 0 radical (unpaired) electrons. The highest BCUT2D eigenvalue weighted by Gasteiger charge is 2.22. The summed E-state index contributed by atoms with van der Waals surface area (Å²) in [7, 11) is 0. The summed E-state index contributed by atoms with van der Waals surface area (Å²) in [5.74, 6) is 0.390. The van der Waals surface area contributed by atoms with Gasteiger partial charge in [-0.3, -0.25) is 0 Å². The SMILES string of the molecule is CC1COCC1N=[N+]=[N-]. The van der Waals surface area contributed by atoms with Crippen molar-refractivity contribution in [3.63, 3.8) is 0 Å². The first-order valence-corrected chi connectivity index (χ1v) is 2.96. The fourth-order valence-corrected chi connectivity index (χ4v) is 0.863. The van der Waals surface area contributed by atoms with Crippen molar-refractivity contribution in [3.05, 3.63) is 10.4 Å². The molecule has 1 aliphatic rings. The molecule has 1 aliphatic heterocycles. The van der Waals surface area contributed by atoms with Crippen LogP contribution in [0.2, 0.25) is 0 Å². The van der Waals surface area contributed by atoms with Crippen molar-refractivity contribution in [2.24, 2.45) is 11.0 Å². The van der Waals surface area contributed by atoms with Gasteiger partial charge in [0.15, 0.2) is 0 Å². The summed E-state index contributed by atoms with van der Waals surface area (Å²) in [6, 6.07) is 0.0648. The van der Waals surface area contributed by atoms with Gasteiger partial charge in [-0.25, -0.2) is 0 Å². The van der Waals surface area contributed by atoms with Crippen LogP contribution >= 0.6 is 0 Å². The third kappa shape index (κ3) is 1.34. The Balaban J connectivity index is 2.49. The predicted molar refractivity (Wildman–Crippen MR) is 32.9 cm³/mol. The monoisotopic (exact) mass is 127 g/mol. The molecule has 1 heterocycles. The minimum absolute atomic E-state index is 0.0648. The molecular weight excluding hydrogens is 118 g/mol. The summed E-state index contributed by atoms with van der Waals surface area (Å²) < 4.78 is 5.06. The highest BCUT2D eigenvalue weighted by molar-refractivity contribution is 4.77.